The number of hydrogen-bond acceptors (Lipinski definition) is 2. The Bertz CT molecular complexity index is 316. The summed E-state index contributed by atoms with van der Waals surface area (Å²) in [4.78, 5) is 0. The van der Waals surface area contributed by atoms with Crippen LogP contribution < -0.4 is 10.1 Å². The molecule has 0 heterocycles. The Morgan fingerprint density at radius 1 is 1.06 bits per heavy atom. The van der Waals surface area contributed by atoms with E-state index in [1.165, 1.54) is 5.56 Å². The molecule has 0 radical (unpaired) electrons. The molecule has 0 aliphatic heterocycles. The van der Waals surface area contributed by atoms with Gasteiger partial charge in [-0.15, -0.1) is 0 Å². The summed E-state index contributed by atoms with van der Waals surface area (Å²) >= 11 is 0. The average molecular weight is 235 g/mol. The van der Waals surface area contributed by atoms with Gasteiger partial charge in [0.15, 0.2) is 0 Å². The van der Waals surface area contributed by atoms with Gasteiger partial charge in [-0.25, -0.2) is 0 Å². The maximum atomic E-state index is 5.99. The Labute approximate surface area is 105 Å². The number of rotatable bonds is 6. The van der Waals surface area contributed by atoms with Crippen molar-refractivity contribution in [1.29, 1.82) is 0 Å². The standard InChI is InChI=1S/C15H25NO/c1-11(2)13-6-8-14(9-7-13)17-15(10-16-5)12(3)4/h6-9,11-12,15-16H,10H2,1-5H3. The Morgan fingerprint density at radius 3 is 2.06 bits per heavy atom. The molecule has 0 aliphatic rings. The summed E-state index contributed by atoms with van der Waals surface area (Å²) in [6.07, 6.45) is 0.227. The van der Waals surface area contributed by atoms with Crippen LogP contribution >= 0.6 is 0 Å². The van der Waals surface area contributed by atoms with E-state index in [4.69, 9.17) is 4.74 Å². The molecule has 0 spiro atoms. The molecule has 0 bridgehead atoms. The Hall–Kier alpha value is -1.02. The average Bonchev–Trinajstić information content (AvgIpc) is 2.29. The van der Waals surface area contributed by atoms with Crippen molar-refractivity contribution in [3.63, 3.8) is 0 Å². The molecule has 0 aromatic heterocycles. The van der Waals surface area contributed by atoms with E-state index >= 15 is 0 Å². The Morgan fingerprint density at radius 2 is 1.65 bits per heavy atom. The highest BCUT2D eigenvalue weighted by atomic mass is 16.5. The van der Waals surface area contributed by atoms with E-state index in [9.17, 15) is 0 Å². The van der Waals surface area contributed by atoms with Gasteiger partial charge in [0.25, 0.3) is 0 Å². The highest BCUT2D eigenvalue weighted by Gasteiger charge is 2.14. The normalized spacial score (nSPS) is 13.1. The minimum atomic E-state index is 0.227. The molecule has 1 aromatic carbocycles. The van der Waals surface area contributed by atoms with Crippen molar-refractivity contribution in [2.45, 2.75) is 39.7 Å². The van der Waals surface area contributed by atoms with Crippen molar-refractivity contribution < 1.29 is 4.74 Å². The lowest BCUT2D eigenvalue weighted by molar-refractivity contribution is 0.151. The molecule has 1 atom stereocenters. The number of nitrogens with one attached hydrogen (secondary N) is 1. The molecular formula is C15H25NO. The van der Waals surface area contributed by atoms with E-state index in [-0.39, 0.29) is 6.10 Å². The van der Waals surface area contributed by atoms with Crippen LogP contribution in [0.5, 0.6) is 5.75 Å². The molecule has 0 saturated carbocycles. The zero-order valence-corrected chi connectivity index (χ0v) is 11.7. The van der Waals surface area contributed by atoms with Crippen molar-refractivity contribution in [3.05, 3.63) is 29.8 Å². The second kappa shape index (κ2) is 6.65. The number of ether oxygens (including phenoxy) is 1. The lowest BCUT2D eigenvalue weighted by atomic mass is 10.0. The topological polar surface area (TPSA) is 21.3 Å². The smallest absolute Gasteiger partial charge is 0.119 e. The molecule has 0 fully saturated rings. The summed E-state index contributed by atoms with van der Waals surface area (Å²) < 4.78 is 5.99. The molecular weight excluding hydrogens is 210 g/mol. The highest BCUT2D eigenvalue weighted by molar-refractivity contribution is 5.29. The summed E-state index contributed by atoms with van der Waals surface area (Å²) in [5.74, 6) is 2.04. The molecule has 1 rings (SSSR count). The fraction of sp³-hybridized carbons (Fsp3) is 0.600. The first-order valence-corrected chi connectivity index (χ1v) is 6.45. The summed E-state index contributed by atoms with van der Waals surface area (Å²) in [6.45, 7) is 9.65. The van der Waals surface area contributed by atoms with Gasteiger partial charge < -0.3 is 10.1 Å². The van der Waals surface area contributed by atoms with E-state index in [0.29, 0.717) is 11.8 Å². The molecule has 17 heavy (non-hydrogen) atoms. The third kappa shape index (κ3) is 4.39. The van der Waals surface area contributed by atoms with Gasteiger partial charge in [0.2, 0.25) is 0 Å². The monoisotopic (exact) mass is 235 g/mol. The number of hydrogen-bond donors (Lipinski definition) is 1. The second-order valence-corrected chi connectivity index (χ2v) is 5.18. The van der Waals surface area contributed by atoms with Gasteiger partial charge in [0.05, 0.1) is 0 Å². The van der Waals surface area contributed by atoms with E-state index in [2.05, 4.69) is 57.3 Å². The molecule has 2 heteroatoms. The minimum absolute atomic E-state index is 0.227. The van der Waals surface area contributed by atoms with Crippen LogP contribution in [-0.2, 0) is 0 Å². The lowest BCUT2D eigenvalue weighted by Gasteiger charge is -2.22. The van der Waals surface area contributed by atoms with E-state index in [1.807, 2.05) is 7.05 Å². The zero-order valence-electron chi connectivity index (χ0n) is 11.7. The van der Waals surface area contributed by atoms with Crippen LogP contribution in [-0.4, -0.2) is 19.7 Å². The van der Waals surface area contributed by atoms with Crippen molar-refractivity contribution in [2.75, 3.05) is 13.6 Å². The largest absolute Gasteiger partial charge is 0.489 e. The summed E-state index contributed by atoms with van der Waals surface area (Å²) in [7, 11) is 1.96. The third-order valence-electron chi connectivity index (χ3n) is 2.98. The third-order valence-corrected chi connectivity index (χ3v) is 2.98. The number of benzene rings is 1. The fourth-order valence-corrected chi connectivity index (χ4v) is 1.72. The quantitative estimate of drug-likeness (QED) is 0.815. The molecule has 1 unspecified atom stereocenters. The van der Waals surface area contributed by atoms with E-state index in [0.717, 1.165) is 12.3 Å². The zero-order chi connectivity index (χ0) is 12.8. The first-order chi connectivity index (χ1) is 8.04. The van der Waals surface area contributed by atoms with Gasteiger partial charge in [0.1, 0.15) is 11.9 Å². The first-order valence-electron chi connectivity index (χ1n) is 6.45. The van der Waals surface area contributed by atoms with Crippen LogP contribution in [0.4, 0.5) is 0 Å². The predicted molar refractivity (Wildman–Crippen MR) is 73.7 cm³/mol. The molecule has 1 N–H and O–H groups in total. The molecule has 0 saturated heterocycles. The summed E-state index contributed by atoms with van der Waals surface area (Å²) in [5, 5.41) is 3.17. The van der Waals surface area contributed by atoms with Crippen LogP contribution in [0, 0.1) is 5.92 Å². The van der Waals surface area contributed by atoms with Crippen LogP contribution in [0.3, 0.4) is 0 Å². The summed E-state index contributed by atoms with van der Waals surface area (Å²) in [6, 6.07) is 8.44. The Kier molecular flexibility index (Phi) is 5.49. The van der Waals surface area contributed by atoms with Gasteiger partial charge in [-0.1, -0.05) is 39.8 Å². The SMILES string of the molecule is CNCC(Oc1ccc(C(C)C)cc1)C(C)C. The molecule has 96 valence electrons. The number of likely N-dealkylation sites (N-methyl/N-ethyl adjacent to an activating group) is 1. The maximum absolute atomic E-state index is 5.99. The van der Waals surface area contributed by atoms with Crippen LogP contribution in [0.15, 0.2) is 24.3 Å². The lowest BCUT2D eigenvalue weighted by Crippen LogP contribution is -2.33. The van der Waals surface area contributed by atoms with Gasteiger partial charge in [-0.2, -0.15) is 0 Å². The van der Waals surface area contributed by atoms with E-state index < -0.39 is 0 Å². The van der Waals surface area contributed by atoms with Gasteiger partial charge >= 0.3 is 0 Å². The van der Waals surface area contributed by atoms with Gasteiger partial charge in [-0.3, -0.25) is 0 Å². The van der Waals surface area contributed by atoms with Gasteiger partial charge in [-0.05, 0) is 36.6 Å². The van der Waals surface area contributed by atoms with Crippen molar-refractivity contribution in [1.82, 2.24) is 5.32 Å². The highest BCUT2D eigenvalue weighted by Crippen LogP contribution is 2.20. The second-order valence-electron chi connectivity index (χ2n) is 5.18. The minimum Gasteiger partial charge on any atom is -0.489 e. The van der Waals surface area contributed by atoms with Crippen LogP contribution in [0.1, 0.15) is 39.2 Å². The maximum Gasteiger partial charge on any atom is 0.119 e. The predicted octanol–water partition coefficient (Wildman–Crippen LogP) is 3.43. The van der Waals surface area contributed by atoms with Crippen molar-refractivity contribution in [3.8, 4) is 5.75 Å². The molecule has 0 amide bonds. The summed E-state index contributed by atoms with van der Waals surface area (Å²) in [5.41, 5.74) is 1.35. The van der Waals surface area contributed by atoms with E-state index in [1.54, 1.807) is 0 Å². The first kappa shape index (κ1) is 14.0. The van der Waals surface area contributed by atoms with Gasteiger partial charge in [0, 0.05) is 6.54 Å². The van der Waals surface area contributed by atoms with Crippen LogP contribution in [0.25, 0.3) is 0 Å². The van der Waals surface area contributed by atoms with Crippen LogP contribution in [0.2, 0.25) is 0 Å². The van der Waals surface area contributed by atoms with Crippen molar-refractivity contribution in [2.24, 2.45) is 5.92 Å². The molecule has 1 aromatic rings. The Balaban J connectivity index is 2.66. The molecule has 0 aliphatic carbocycles. The fourth-order valence-electron chi connectivity index (χ4n) is 1.72. The van der Waals surface area contributed by atoms with Crippen molar-refractivity contribution >= 4 is 0 Å². The molecule has 2 nitrogen and oxygen atoms in total.